The van der Waals surface area contributed by atoms with Gasteiger partial charge in [-0.05, 0) is 47.5 Å². The van der Waals surface area contributed by atoms with Crippen molar-refractivity contribution in [1.82, 2.24) is 9.55 Å². The molecule has 0 aliphatic rings. The number of pyridine rings is 2. The van der Waals surface area contributed by atoms with Gasteiger partial charge in [0.2, 0.25) is 5.43 Å². The summed E-state index contributed by atoms with van der Waals surface area (Å²) in [5, 5.41) is 10.5. The van der Waals surface area contributed by atoms with Gasteiger partial charge in [0.1, 0.15) is 16.5 Å². The summed E-state index contributed by atoms with van der Waals surface area (Å²) in [5.41, 5.74) is 7.35. The van der Waals surface area contributed by atoms with Gasteiger partial charge in [0.05, 0.1) is 16.2 Å². The number of nitrogens with zero attached hydrogens (tertiary/aromatic N) is 2. The summed E-state index contributed by atoms with van der Waals surface area (Å²) in [4.78, 5) is 28.6. The molecule has 0 fully saturated rings. The number of carbonyl (C=O) groups is 1. The lowest BCUT2D eigenvalue weighted by atomic mass is 10.0. The van der Waals surface area contributed by atoms with Gasteiger partial charge in [0.15, 0.2) is 0 Å². The highest BCUT2D eigenvalue weighted by Crippen LogP contribution is 2.30. The van der Waals surface area contributed by atoms with Crippen molar-refractivity contribution >= 4 is 40.0 Å². The minimum absolute atomic E-state index is 0.00802. The van der Waals surface area contributed by atoms with Gasteiger partial charge in [-0.15, -0.1) is 0 Å². The number of rotatable bonds is 3. The van der Waals surface area contributed by atoms with Crippen molar-refractivity contribution in [3.8, 4) is 22.6 Å². The van der Waals surface area contributed by atoms with Crippen LogP contribution in [0.1, 0.15) is 10.4 Å². The van der Waals surface area contributed by atoms with Crippen LogP contribution in [0.3, 0.4) is 0 Å². The van der Waals surface area contributed by atoms with Crippen LogP contribution in [-0.4, -0.2) is 20.6 Å². The van der Waals surface area contributed by atoms with E-state index in [-0.39, 0.29) is 16.3 Å². The Labute approximate surface area is 174 Å². The first-order valence-electron chi connectivity index (χ1n) is 8.45. The lowest BCUT2D eigenvalue weighted by molar-refractivity contribution is 0.0999. The maximum atomic E-state index is 12.8. The lowest BCUT2D eigenvalue weighted by Crippen LogP contribution is -2.24. The first-order chi connectivity index (χ1) is 13.8. The molecule has 0 aliphatic heterocycles. The molecule has 3 N–H and O–H groups in total. The third-order valence-electron chi connectivity index (χ3n) is 4.52. The molecular weight excluding hydrogens is 413 g/mol. The fourth-order valence-electron chi connectivity index (χ4n) is 3.15. The van der Waals surface area contributed by atoms with E-state index in [9.17, 15) is 14.7 Å². The molecule has 144 valence electrons. The molecule has 1 amide bonds. The van der Waals surface area contributed by atoms with Crippen molar-refractivity contribution in [2.24, 2.45) is 5.73 Å². The molecule has 29 heavy (non-hydrogen) atoms. The minimum atomic E-state index is -0.842. The standard InChI is InChI=1S/C21H13Cl2N3O3/c22-16-9-13(27)2-4-17(16)26-10-15(21(24)29)20(28)14-3-1-11(7-18(14)26)12-5-6-25-19(23)8-12/h1-10,27H,(H2,24,29). The Bertz CT molecular complexity index is 1350. The van der Waals surface area contributed by atoms with E-state index in [0.29, 0.717) is 21.7 Å². The number of benzene rings is 2. The Morgan fingerprint density at radius 3 is 2.48 bits per heavy atom. The van der Waals surface area contributed by atoms with Gasteiger partial charge < -0.3 is 15.4 Å². The molecule has 0 saturated carbocycles. The van der Waals surface area contributed by atoms with Crippen LogP contribution in [0.15, 0.2) is 65.7 Å². The molecule has 0 bridgehead atoms. The Morgan fingerprint density at radius 1 is 1.03 bits per heavy atom. The van der Waals surface area contributed by atoms with E-state index in [1.54, 1.807) is 47.2 Å². The molecule has 4 aromatic rings. The van der Waals surface area contributed by atoms with Crippen LogP contribution in [0.25, 0.3) is 27.7 Å². The van der Waals surface area contributed by atoms with E-state index in [4.69, 9.17) is 28.9 Å². The van der Waals surface area contributed by atoms with Crippen LogP contribution in [-0.2, 0) is 0 Å². The largest absolute Gasteiger partial charge is 0.508 e. The highest BCUT2D eigenvalue weighted by Gasteiger charge is 2.16. The zero-order chi connectivity index (χ0) is 20.7. The van der Waals surface area contributed by atoms with Crippen molar-refractivity contribution in [2.75, 3.05) is 0 Å². The minimum Gasteiger partial charge on any atom is -0.508 e. The fraction of sp³-hybridized carbons (Fsp3) is 0. The number of primary amides is 1. The lowest BCUT2D eigenvalue weighted by Gasteiger charge is -2.15. The predicted molar refractivity (Wildman–Crippen MR) is 113 cm³/mol. The molecule has 8 heteroatoms. The summed E-state index contributed by atoms with van der Waals surface area (Å²) in [5.74, 6) is -0.850. The topological polar surface area (TPSA) is 98.2 Å². The molecule has 0 spiro atoms. The Morgan fingerprint density at radius 2 is 1.79 bits per heavy atom. The van der Waals surface area contributed by atoms with Gasteiger partial charge >= 0.3 is 0 Å². The average Bonchev–Trinajstić information content (AvgIpc) is 2.68. The molecule has 6 nitrogen and oxygen atoms in total. The van der Waals surface area contributed by atoms with E-state index in [2.05, 4.69) is 4.98 Å². The molecule has 0 radical (unpaired) electrons. The highest BCUT2D eigenvalue weighted by molar-refractivity contribution is 6.32. The summed E-state index contributed by atoms with van der Waals surface area (Å²) in [7, 11) is 0. The molecule has 4 rings (SSSR count). The molecule has 2 heterocycles. The van der Waals surface area contributed by atoms with E-state index in [0.717, 1.165) is 11.1 Å². The number of phenolic OH excluding ortho intramolecular Hbond substituents is 1. The van der Waals surface area contributed by atoms with Crippen LogP contribution in [0, 0.1) is 0 Å². The van der Waals surface area contributed by atoms with Crippen molar-refractivity contribution in [3.05, 3.63) is 86.9 Å². The van der Waals surface area contributed by atoms with Crippen LogP contribution in [0.4, 0.5) is 0 Å². The van der Waals surface area contributed by atoms with E-state index in [1.165, 1.54) is 18.3 Å². The fourth-order valence-corrected chi connectivity index (χ4v) is 3.59. The molecule has 2 aromatic heterocycles. The van der Waals surface area contributed by atoms with Gasteiger partial charge in [-0.1, -0.05) is 29.3 Å². The summed E-state index contributed by atoms with van der Waals surface area (Å²) < 4.78 is 1.60. The molecular formula is C21H13Cl2N3O3. The highest BCUT2D eigenvalue weighted by atomic mass is 35.5. The van der Waals surface area contributed by atoms with E-state index < -0.39 is 11.3 Å². The summed E-state index contributed by atoms with van der Waals surface area (Å²) >= 11 is 12.3. The van der Waals surface area contributed by atoms with Crippen LogP contribution in [0.2, 0.25) is 10.2 Å². The summed E-state index contributed by atoms with van der Waals surface area (Å²) in [6.45, 7) is 0. The van der Waals surface area contributed by atoms with Gasteiger partial charge in [0.25, 0.3) is 5.91 Å². The van der Waals surface area contributed by atoms with Crippen LogP contribution >= 0.6 is 23.2 Å². The third-order valence-corrected chi connectivity index (χ3v) is 5.03. The number of aromatic nitrogens is 2. The van der Waals surface area contributed by atoms with Crippen molar-refractivity contribution in [2.45, 2.75) is 0 Å². The van der Waals surface area contributed by atoms with Crippen molar-refractivity contribution in [3.63, 3.8) is 0 Å². The first kappa shape index (κ1) is 19.0. The first-order valence-corrected chi connectivity index (χ1v) is 9.21. The van der Waals surface area contributed by atoms with Crippen molar-refractivity contribution < 1.29 is 9.90 Å². The Hall–Kier alpha value is -3.35. The maximum absolute atomic E-state index is 12.8. The zero-order valence-corrected chi connectivity index (χ0v) is 16.3. The molecule has 2 aromatic carbocycles. The van der Waals surface area contributed by atoms with Crippen LogP contribution < -0.4 is 11.2 Å². The zero-order valence-electron chi connectivity index (χ0n) is 14.8. The number of carbonyl (C=O) groups excluding carboxylic acids is 1. The summed E-state index contributed by atoms with van der Waals surface area (Å²) in [6.07, 6.45) is 2.94. The van der Waals surface area contributed by atoms with Gasteiger partial charge in [0, 0.05) is 23.8 Å². The molecule has 0 unspecified atom stereocenters. The number of fused-ring (bicyclic) bond motifs is 1. The molecule has 0 saturated heterocycles. The third kappa shape index (κ3) is 3.44. The second-order valence-electron chi connectivity index (χ2n) is 6.34. The Balaban J connectivity index is 2.08. The smallest absolute Gasteiger partial charge is 0.254 e. The Kier molecular flexibility index (Phi) is 4.74. The van der Waals surface area contributed by atoms with E-state index >= 15 is 0 Å². The number of phenols is 1. The quantitative estimate of drug-likeness (QED) is 0.481. The average molecular weight is 426 g/mol. The number of aromatic hydroxyl groups is 1. The maximum Gasteiger partial charge on any atom is 0.254 e. The van der Waals surface area contributed by atoms with Gasteiger partial charge in [-0.25, -0.2) is 4.98 Å². The SMILES string of the molecule is NC(=O)c1cn(-c2ccc(O)cc2Cl)c2cc(-c3ccnc(Cl)c3)ccc2c1=O. The second kappa shape index (κ2) is 7.24. The number of amides is 1. The van der Waals surface area contributed by atoms with Crippen molar-refractivity contribution in [1.29, 1.82) is 0 Å². The molecule has 0 atom stereocenters. The number of hydrogen-bond donors (Lipinski definition) is 2. The number of nitrogens with two attached hydrogens (primary N) is 1. The predicted octanol–water partition coefficient (Wildman–Crippen LogP) is 4.16. The van der Waals surface area contributed by atoms with Gasteiger partial charge in [-0.2, -0.15) is 0 Å². The second-order valence-corrected chi connectivity index (χ2v) is 7.14. The monoisotopic (exact) mass is 425 g/mol. The van der Waals surface area contributed by atoms with Crippen LogP contribution in [0.5, 0.6) is 5.75 Å². The summed E-state index contributed by atoms with van der Waals surface area (Å²) in [6, 6.07) is 13.1. The molecule has 0 aliphatic carbocycles. The number of hydrogen-bond acceptors (Lipinski definition) is 4. The normalized spacial score (nSPS) is 11.0. The van der Waals surface area contributed by atoms with E-state index in [1.807, 2.05) is 0 Å². The van der Waals surface area contributed by atoms with Gasteiger partial charge in [-0.3, -0.25) is 9.59 Å². The number of halogens is 2.